The minimum absolute atomic E-state index is 0.0600. The standard InChI is InChI=1S/C59H75F3N10O5Si/c1-39(52-35-47-46(17-22-63-56(47)67(52)2)44-11-13-49-53(33-44)72(54(65-49)37-76-3)38-77-31-32-78(4,5)6)69-25-20-42(21-26-69)41-7-9-43(10-8-41)58(75)71-23-18-40(19-24-71)36-68-27-29-70(30-28-68)51-15-12-45(34-48(51)59(60,61)62)64-50-14-16-55(73)66-57(50)74/h7-13,15,17,22,33-35,39-40,42,50,64H,14,16,18-21,23-32,36-38H2,1-6H3,(H,66,73,74)/t39-,50?/m0/s1. The van der Waals surface area contributed by atoms with Crippen LogP contribution in [-0.4, -0.2) is 138 Å². The Morgan fingerprint density at radius 3 is 2.32 bits per heavy atom. The molecule has 15 nitrogen and oxygen atoms in total. The van der Waals surface area contributed by atoms with Crippen molar-refractivity contribution in [2.45, 2.75) is 109 Å². The SMILES string of the molecule is COCc1nc2ccc(-c3ccnc4c3cc([C@H](C)N3CCC(c5ccc(C(=O)N6CCC(CN7CCN(c8ccc(NC9CCC(=O)NC9=O)cc8C(F)(F)F)CC7)CC6)cc5)CC3)n4C)cc2n1COCC[Si](C)(C)C. The lowest BCUT2D eigenvalue weighted by Gasteiger charge is -2.40. The molecule has 10 rings (SSSR count). The molecule has 4 saturated heterocycles. The predicted molar refractivity (Wildman–Crippen MR) is 301 cm³/mol. The number of halogens is 3. The Morgan fingerprint density at radius 2 is 1.63 bits per heavy atom. The van der Waals surface area contributed by atoms with Crippen LogP contribution in [0.5, 0.6) is 0 Å². The number of carbonyl (C=O) groups excluding carboxylic acids is 3. The number of imidazole rings is 1. The molecular weight excluding hydrogens is 1010 g/mol. The number of rotatable bonds is 17. The van der Waals surface area contributed by atoms with Gasteiger partial charge in [0.15, 0.2) is 0 Å². The van der Waals surface area contributed by atoms with Crippen LogP contribution in [0.25, 0.3) is 33.2 Å². The number of imide groups is 1. The molecule has 4 fully saturated rings. The first kappa shape index (κ1) is 55.2. The Hall–Kier alpha value is -6.12. The number of carbonyl (C=O) groups is 3. The number of aromatic nitrogens is 4. The molecule has 0 radical (unpaired) electrons. The Labute approximate surface area is 456 Å². The van der Waals surface area contributed by atoms with Gasteiger partial charge in [-0.1, -0.05) is 37.8 Å². The van der Waals surface area contributed by atoms with Gasteiger partial charge in [-0.15, -0.1) is 0 Å². The Kier molecular flexibility index (Phi) is 16.5. The Balaban J connectivity index is 0.697. The van der Waals surface area contributed by atoms with Crippen molar-refractivity contribution in [1.29, 1.82) is 0 Å². The molecule has 3 aromatic heterocycles. The lowest BCUT2D eigenvalue weighted by molar-refractivity contribution is -0.137. The van der Waals surface area contributed by atoms with Crippen molar-refractivity contribution in [2.24, 2.45) is 13.0 Å². The largest absolute Gasteiger partial charge is 0.418 e. The van der Waals surface area contributed by atoms with Crippen molar-refractivity contribution in [2.75, 3.05) is 82.8 Å². The first-order valence-corrected chi connectivity index (χ1v) is 31.5. The number of nitrogens with zero attached hydrogens (tertiary/aromatic N) is 8. The Bertz CT molecular complexity index is 3110. The number of piperidine rings is 3. The topological polar surface area (TPSA) is 142 Å². The Morgan fingerprint density at radius 1 is 0.885 bits per heavy atom. The number of alkyl halides is 3. The molecule has 19 heteroatoms. The molecule has 2 atom stereocenters. The van der Waals surface area contributed by atoms with Crippen molar-refractivity contribution >= 4 is 59.2 Å². The van der Waals surface area contributed by atoms with E-state index in [9.17, 15) is 27.6 Å². The maximum absolute atomic E-state index is 14.4. The second-order valence-electron chi connectivity index (χ2n) is 23.2. The fourth-order valence-corrected chi connectivity index (χ4v) is 12.8. The number of benzene rings is 3. The lowest BCUT2D eigenvalue weighted by Crippen LogP contribution is -2.49. The van der Waals surface area contributed by atoms with Gasteiger partial charge in [-0.05, 0) is 141 Å². The van der Waals surface area contributed by atoms with Gasteiger partial charge in [-0.2, -0.15) is 13.2 Å². The molecule has 0 saturated carbocycles. The number of hydrogen-bond acceptors (Lipinski definition) is 11. The minimum atomic E-state index is -4.59. The number of methoxy groups -OCH3 is 1. The number of fused-ring (bicyclic) bond motifs is 2. The van der Waals surface area contributed by atoms with Crippen molar-refractivity contribution in [3.63, 3.8) is 0 Å². The lowest BCUT2D eigenvalue weighted by atomic mass is 9.88. The van der Waals surface area contributed by atoms with E-state index < -0.39 is 31.8 Å². The normalized spacial score (nSPS) is 19.3. The van der Waals surface area contributed by atoms with Gasteiger partial charge in [-0.3, -0.25) is 29.5 Å². The number of anilines is 2. The van der Waals surface area contributed by atoms with Crippen LogP contribution in [0.3, 0.4) is 0 Å². The van der Waals surface area contributed by atoms with E-state index in [-0.39, 0.29) is 42.1 Å². The molecule has 0 spiro atoms. The average Bonchev–Trinajstić information content (AvgIpc) is 4.19. The summed E-state index contributed by atoms with van der Waals surface area (Å²) in [6, 6.07) is 23.8. The molecule has 7 heterocycles. The zero-order valence-electron chi connectivity index (χ0n) is 46.0. The first-order valence-electron chi connectivity index (χ1n) is 27.8. The summed E-state index contributed by atoms with van der Waals surface area (Å²) >= 11 is 0. The van der Waals surface area contributed by atoms with Gasteiger partial charge in [-0.25, -0.2) is 9.97 Å². The van der Waals surface area contributed by atoms with Crippen molar-refractivity contribution in [3.05, 3.63) is 107 Å². The van der Waals surface area contributed by atoms with Crippen LogP contribution >= 0.6 is 0 Å². The number of hydrogen-bond donors (Lipinski definition) is 2. The average molecular weight is 1090 g/mol. The van der Waals surface area contributed by atoms with Gasteiger partial charge in [0.25, 0.3) is 5.91 Å². The third-order valence-corrected chi connectivity index (χ3v) is 18.4. The fourth-order valence-electron chi connectivity index (χ4n) is 12.1. The summed E-state index contributed by atoms with van der Waals surface area (Å²) < 4.78 is 59.3. The minimum Gasteiger partial charge on any atom is -0.377 e. The van der Waals surface area contributed by atoms with E-state index in [1.165, 1.54) is 17.3 Å². The van der Waals surface area contributed by atoms with Crippen LogP contribution in [0.1, 0.15) is 90.4 Å². The van der Waals surface area contributed by atoms with E-state index in [0.717, 1.165) is 103 Å². The quantitative estimate of drug-likeness (QED) is 0.0512. The first-order chi connectivity index (χ1) is 37.4. The number of amides is 3. The zero-order valence-corrected chi connectivity index (χ0v) is 47.0. The molecule has 6 aromatic rings. The number of ether oxygens (including phenoxy) is 2. The molecule has 0 bridgehead atoms. The molecule has 0 aliphatic carbocycles. The predicted octanol–water partition coefficient (Wildman–Crippen LogP) is 9.90. The monoisotopic (exact) mass is 1090 g/mol. The van der Waals surface area contributed by atoms with Gasteiger partial charge < -0.3 is 33.7 Å². The highest BCUT2D eigenvalue weighted by atomic mass is 28.3. The molecule has 78 heavy (non-hydrogen) atoms. The highest BCUT2D eigenvalue weighted by Gasteiger charge is 2.37. The van der Waals surface area contributed by atoms with Crippen LogP contribution in [0.15, 0.2) is 79.0 Å². The summed E-state index contributed by atoms with van der Waals surface area (Å²) in [5, 5.41) is 6.24. The smallest absolute Gasteiger partial charge is 0.377 e. The summed E-state index contributed by atoms with van der Waals surface area (Å²) in [6.07, 6.45) is 1.49. The molecule has 3 amide bonds. The van der Waals surface area contributed by atoms with Crippen molar-refractivity contribution in [3.8, 4) is 11.1 Å². The van der Waals surface area contributed by atoms with Gasteiger partial charge in [0.2, 0.25) is 11.8 Å². The van der Waals surface area contributed by atoms with E-state index in [1.54, 1.807) is 18.1 Å². The molecular formula is C59H75F3N10O5Si. The maximum Gasteiger partial charge on any atom is 0.418 e. The summed E-state index contributed by atoms with van der Waals surface area (Å²) in [5.74, 6) is 0.805. The third kappa shape index (κ3) is 12.3. The molecule has 4 aliphatic rings. The summed E-state index contributed by atoms with van der Waals surface area (Å²) in [4.78, 5) is 56.0. The zero-order chi connectivity index (χ0) is 54.9. The van der Waals surface area contributed by atoms with Crippen LogP contribution in [0, 0.1) is 5.92 Å². The summed E-state index contributed by atoms with van der Waals surface area (Å²) in [6.45, 7) is 17.3. The molecule has 2 N–H and O–H groups in total. The van der Waals surface area contributed by atoms with E-state index in [2.05, 4.69) is 106 Å². The van der Waals surface area contributed by atoms with E-state index in [1.807, 2.05) is 23.2 Å². The highest BCUT2D eigenvalue weighted by Crippen LogP contribution is 2.40. The highest BCUT2D eigenvalue weighted by molar-refractivity contribution is 6.76. The second-order valence-corrected chi connectivity index (χ2v) is 28.8. The van der Waals surface area contributed by atoms with Gasteiger partial charge in [0.1, 0.15) is 30.9 Å². The number of nitrogens with one attached hydrogen (secondary N) is 2. The fraction of sp³-hybridized carbons (Fsp3) is 0.508. The number of pyridine rings is 1. The molecule has 4 aliphatic heterocycles. The van der Waals surface area contributed by atoms with E-state index >= 15 is 0 Å². The number of likely N-dealkylation sites (tertiary alicyclic amines) is 2. The second kappa shape index (κ2) is 23.3. The van der Waals surface area contributed by atoms with Gasteiger partial charge >= 0.3 is 6.18 Å². The summed E-state index contributed by atoms with van der Waals surface area (Å²) in [7, 11) is 2.59. The maximum atomic E-state index is 14.4. The van der Waals surface area contributed by atoms with Crippen LogP contribution in [-0.2, 0) is 45.6 Å². The molecule has 1 unspecified atom stereocenters. The molecule has 416 valence electrons. The van der Waals surface area contributed by atoms with Crippen molar-refractivity contribution < 1.29 is 37.0 Å². The van der Waals surface area contributed by atoms with Crippen LogP contribution < -0.4 is 15.5 Å². The molecule has 3 aromatic carbocycles. The number of piperazine rings is 1. The van der Waals surface area contributed by atoms with Crippen LogP contribution in [0.4, 0.5) is 24.5 Å². The van der Waals surface area contributed by atoms with E-state index in [0.29, 0.717) is 70.0 Å². The third-order valence-electron chi connectivity index (χ3n) is 16.7. The van der Waals surface area contributed by atoms with Crippen LogP contribution in [0.2, 0.25) is 25.7 Å². The summed E-state index contributed by atoms with van der Waals surface area (Å²) in [5.41, 5.74) is 7.91. The number of aryl methyl sites for hydroxylation is 1. The van der Waals surface area contributed by atoms with Gasteiger partial charge in [0, 0.05) is 121 Å². The van der Waals surface area contributed by atoms with Crippen molar-refractivity contribution in [1.82, 2.24) is 39.1 Å². The van der Waals surface area contributed by atoms with E-state index in [4.69, 9.17) is 19.4 Å². The van der Waals surface area contributed by atoms with Gasteiger partial charge in [0.05, 0.1) is 16.6 Å².